The molecule has 2 rings (SSSR count). The number of halogens is 3. The molecule has 0 bridgehead atoms. The van der Waals surface area contributed by atoms with Gasteiger partial charge in [-0.25, -0.2) is 13.2 Å². The molecule has 5 heteroatoms. The van der Waals surface area contributed by atoms with Crippen LogP contribution in [0.5, 0.6) is 0 Å². The molecule has 1 aliphatic rings. The molecule has 0 radical (unpaired) electrons. The van der Waals surface area contributed by atoms with Gasteiger partial charge in [0.15, 0.2) is 17.5 Å². The van der Waals surface area contributed by atoms with E-state index in [-0.39, 0.29) is 0 Å². The Morgan fingerprint density at radius 3 is 2.37 bits per heavy atom. The van der Waals surface area contributed by atoms with Crippen molar-refractivity contribution in [2.75, 3.05) is 19.6 Å². The number of benzene rings is 1. The van der Waals surface area contributed by atoms with Gasteiger partial charge in [-0.15, -0.1) is 0 Å². The fourth-order valence-corrected chi connectivity index (χ4v) is 2.20. The predicted octanol–water partition coefficient (Wildman–Crippen LogP) is 2.68. The van der Waals surface area contributed by atoms with E-state index in [2.05, 4.69) is 17.1 Å². The molecule has 0 heterocycles. The van der Waals surface area contributed by atoms with Gasteiger partial charge in [0, 0.05) is 25.7 Å². The van der Waals surface area contributed by atoms with Crippen LogP contribution in [0.3, 0.4) is 0 Å². The largest absolute Gasteiger partial charge is 0.311 e. The number of likely N-dealkylation sites (N-methyl/N-ethyl adjacent to an activating group) is 1. The summed E-state index contributed by atoms with van der Waals surface area (Å²) in [6.07, 6.45) is 2.53. The van der Waals surface area contributed by atoms with Crippen molar-refractivity contribution in [3.8, 4) is 0 Å². The van der Waals surface area contributed by atoms with Crippen molar-refractivity contribution in [1.29, 1.82) is 0 Å². The lowest BCUT2D eigenvalue weighted by Crippen LogP contribution is -2.33. The summed E-state index contributed by atoms with van der Waals surface area (Å²) in [5, 5.41) is 3.13. The zero-order valence-electron chi connectivity index (χ0n) is 11.1. The second-order valence-electron chi connectivity index (χ2n) is 4.91. The summed E-state index contributed by atoms with van der Waals surface area (Å²) in [5.41, 5.74) is 0.422. The topological polar surface area (TPSA) is 15.3 Å². The summed E-state index contributed by atoms with van der Waals surface area (Å²) in [5.74, 6) is -3.68. The van der Waals surface area contributed by atoms with Gasteiger partial charge in [0.2, 0.25) is 0 Å². The van der Waals surface area contributed by atoms with E-state index in [1.54, 1.807) is 0 Å². The molecule has 1 fully saturated rings. The molecule has 0 spiro atoms. The molecule has 106 valence electrons. The number of nitrogens with one attached hydrogen (secondary N) is 1. The van der Waals surface area contributed by atoms with E-state index in [0.717, 1.165) is 31.8 Å². The van der Waals surface area contributed by atoms with Gasteiger partial charge in [0.05, 0.1) is 0 Å². The summed E-state index contributed by atoms with van der Waals surface area (Å²) in [6.45, 7) is 5.17. The van der Waals surface area contributed by atoms with Gasteiger partial charge in [-0.1, -0.05) is 6.92 Å². The first-order valence-electron chi connectivity index (χ1n) is 6.70. The Hall–Kier alpha value is -1.07. The molecule has 0 saturated heterocycles. The summed E-state index contributed by atoms with van der Waals surface area (Å²) in [4.78, 5) is 2.39. The summed E-state index contributed by atoms with van der Waals surface area (Å²) < 4.78 is 38.8. The fraction of sp³-hybridized carbons (Fsp3) is 0.571. The Balaban J connectivity index is 1.76. The SMILES string of the molecule is CCN(CCNCc1cc(F)c(F)c(F)c1)C1CC1. The van der Waals surface area contributed by atoms with Crippen molar-refractivity contribution in [2.45, 2.75) is 32.4 Å². The molecule has 1 aromatic rings. The highest BCUT2D eigenvalue weighted by Crippen LogP contribution is 2.25. The third-order valence-electron chi connectivity index (χ3n) is 3.42. The third-order valence-corrected chi connectivity index (χ3v) is 3.42. The van der Waals surface area contributed by atoms with E-state index >= 15 is 0 Å². The molecular weight excluding hydrogens is 253 g/mol. The number of nitrogens with zero attached hydrogens (tertiary/aromatic N) is 1. The van der Waals surface area contributed by atoms with Crippen molar-refractivity contribution in [2.24, 2.45) is 0 Å². The van der Waals surface area contributed by atoms with E-state index in [9.17, 15) is 13.2 Å². The van der Waals surface area contributed by atoms with Gasteiger partial charge in [-0.05, 0) is 37.1 Å². The lowest BCUT2D eigenvalue weighted by atomic mass is 10.2. The molecule has 0 aliphatic heterocycles. The van der Waals surface area contributed by atoms with E-state index < -0.39 is 17.5 Å². The molecule has 1 aliphatic carbocycles. The second-order valence-corrected chi connectivity index (χ2v) is 4.91. The van der Waals surface area contributed by atoms with Gasteiger partial charge in [0.1, 0.15) is 0 Å². The van der Waals surface area contributed by atoms with Crippen LogP contribution >= 0.6 is 0 Å². The Kier molecular flexibility index (Phi) is 4.82. The van der Waals surface area contributed by atoms with Crippen molar-refractivity contribution in [3.63, 3.8) is 0 Å². The van der Waals surface area contributed by atoms with Crippen molar-refractivity contribution in [1.82, 2.24) is 10.2 Å². The maximum atomic E-state index is 13.0. The molecular formula is C14H19F3N2. The van der Waals surface area contributed by atoms with Crippen LogP contribution in [0.4, 0.5) is 13.2 Å². The molecule has 19 heavy (non-hydrogen) atoms. The van der Waals surface area contributed by atoms with Gasteiger partial charge in [0.25, 0.3) is 0 Å². The van der Waals surface area contributed by atoms with Crippen LogP contribution < -0.4 is 5.32 Å². The first kappa shape index (κ1) is 14.3. The van der Waals surface area contributed by atoms with E-state index in [0.29, 0.717) is 18.2 Å². The molecule has 0 atom stereocenters. The number of hydrogen-bond acceptors (Lipinski definition) is 2. The van der Waals surface area contributed by atoms with E-state index in [4.69, 9.17) is 0 Å². The normalized spacial score (nSPS) is 15.2. The maximum absolute atomic E-state index is 13.0. The van der Waals surface area contributed by atoms with Gasteiger partial charge < -0.3 is 5.32 Å². The quantitative estimate of drug-likeness (QED) is 0.606. The Labute approximate surface area is 111 Å². The van der Waals surface area contributed by atoms with Crippen LogP contribution in [0.1, 0.15) is 25.3 Å². The predicted molar refractivity (Wildman–Crippen MR) is 68.3 cm³/mol. The van der Waals surface area contributed by atoms with Crippen LogP contribution in [-0.2, 0) is 6.54 Å². The Morgan fingerprint density at radius 2 is 1.84 bits per heavy atom. The molecule has 1 aromatic carbocycles. The highest BCUT2D eigenvalue weighted by molar-refractivity contribution is 5.19. The molecule has 0 amide bonds. The fourth-order valence-electron chi connectivity index (χ4n) is 2.20. The first-order chi connectivity index (χ1) is 9.11. The van der Waals surface area contributed by atoms with Gasteiger partial charge in [-0.3, -0.25) is 4.90 Å². The van der Waals surface area contributed by atoms with Gasteiger partial charge >= 0.3 is 0 Å². The first-order valence-corrected chi connectivity index (χ1v) is 6.70. The monoisotopic (exact) mass is 272 g/mol. The standard InChI is InChI=1S/C14H19F3N2/c1-2-19(11-3-4-11)6-5-18-9-10-7-12(15)14(17)13(16)8-10/h7-8,11,18H,2-6,9H2,1H3. The minimum Gasteiger partial charge on any atom is -0.311 e. The third kappa shape index (κ3) is 3.94. The number of rotatable bonds is 7. The highest BCUT2D eigenvalue weighted by Gasteiger charge is 2.26. The highest BCUT2D eigenvalue weighted by atomic mass is 19.2. The zero-order valence-corrected chi connectivity index (χ0v) is 11.1. The van der Waals surface area contributed by atoms with Crippen molar-refractivity contribution >= 4 is 0 Å². The molecule has 1 N–H and O–H groups in total. The molecule has 2 nitrogen and oxygen atoms in total. The minimum absolute atomic E-state index is 0.344. The second kappa shape index (κ2) is 6.39. The molecule has 0 aromatic heterocycles. The van der Waals surface area contributed by atoms with Crippen molar-refractivity contribution in [3.05, 3.63) is 35.1 Å². The lowest BCUT2D eigenvalue weighted by Gasteiger charge is -2.19. The Morgan fingerprint density at radius 1 is 1.21 bits per heavy atom. The van der Waals surface area contributed by atoms with E-state index in [1.165, 1.54) is 12.8 Å². The van der Waals surface area contributed by atoms with Crippen LogP contribution in [-0.4, -0.2) is 30.6 Å². The average molecular weight is 272 g/mol. The summed E-state index contributed by atoms with van der Waals surface area (Å²) >= 11 is 0. The van der Waals surface area contributed by atoms with Gasteiger partial charge in [-0.2, -0.15) is 0 Å². The average Bonchev–Trinajstić information content (AvgIpc) is 3.20. The van der Waals surface area contributed by atoms with Crippen LogP contribution in [0.15, 0.2) is 12.1 Å². The van der Waals surface area contributed by atoms with Crippen LogP contribution in [0.25, 0.3) is 0 Å². The Bertz CT molecular complexity index is 410. The van der Waals surface area contributed by atoms with Crippen LogP contribution in [0, 0.1) is 17.5 Å². The number of hydrogen-bond donors (Lipinski definition) is 1. The molecule has 0 unspecified atom stereocenters. The smallest absolute Gasteiger partial charge is 0.194 e. The lowest BCUT2D eigenvalue weighted by molar-refractivity contribution is 0.277. The van der Waals surface area contributed by atoms with Crippen LogP contribution in [0.2, 0.25) is 0 Å². The molecule has 1 saturated carbocycles. The maximum Gasteiger partial charge on any atom is 0.194 e. The van der Waals surface area contributed by atoms with Crippen molar-refractivity contribution < 1.29 is 13.2 Å². The minimum atomic E-state index is -1.41. The summed E-state index contributed by atoms with van der Waals surface area (Å²) in [7, 11) is 0. The zero-order chi connectivity index (χ0) is 13.8. The van der Waals surface area contributed by atoms with E-state index in [1.807, 2.05) is 0 Å². The summed E-state index contributed by atoms with van der Waals surface area (Å²) in [6, 6.07) is 2.78.